The molecule has 6 heteroatoms. The summed E-state index contributed by atoms with van der Waals surface area (Å²) >= 11 is 0. The van der Waals surface area contributed by atoms with E-state index in [-0.39, 0.29) is 17.7 Å². The molecule has 6 nitrogen and oxygen atoms in total. The van der Waals surface area contributed by atoms with Crippen molar-refractivity contribution in [1.82, 2.24) is 9.80 Å². The Labute approximate surface area is 149 Å². The van der Waals surface area contributed by atoms with E-state index in [1.807, 2.05) is 32.0 Å². The van der Waals surface area contributed by atoms with Gasteiger partial charge in [-0.15, -0.1) is 0 Å². The highest BCUT2D eigenvalue weighted by molar-refractivity contribution is 6.10. The number of piperazine rings is 1. The summed E-state index contributed by atoms with van der Waals surface area (Å²) in [4.78, 5) is 40.4. The Kier molecular flexibility index (Phi) is 5.50. The van der Waals surface area contributed by atoms with E-state index in [2.05, 4.69) is 5.32 Å². The van der Waals surface area contributed by atoms with Gasteiger partial charge >= 0.3 is 0 Å². The quantitative estimate of drug-likeness (QED) is 0.852. The average Bonchev–Trinajstić information content (AvgIpc) is 2.58. The van der Waals surface area contributed by atoms with Crippen LogP contribution in [0.3, 0.4) is 0 Å². The van der Waals surface area contributed by atoms with Crippen molar-refractivity contribution < 1.29 is 14.4 Å². The summed E-state index contributed by atoms with van der Waals surface area (Å²) < 4.78 is 0. The van der Waals surface area contributed by atoms with E-state index in [1.165, 1.54) is 6.92 Å². The van der Waals surface area contributed by atoms with Crippen LogP contribution in [0.2, 0.25) is 0 Å². The van der Waals surface area contributed by atoms with E-state index in [9.17, 15) is 14.4 Å². The number of carbonyl (C=O) groups excluding carboxylic acids is 3. The molecule has 1 aliphatic heterocycles. The van der Waals surface area contributed by atoms with Crippen molar-refractivity contribution in [2.45, 2.75) is 34.6 Å². The third-order valence-corrected chi connectivity index (χ3v) is 4.97. The minimum atomic E-state index is -1.17. The van der Waals surface area contributed by atoms with E-state index in [4.69, 9.17) is 0 Å². The summed E-state index contributed by atoms with van der Waals surface area (Å²) in [5, 5.41) is 2.89. The molecule has 0 aromatic heterocycles. The molecule has 0 bridgehead atoms. The predicted octanol–water partition coefficient (Wildman–Crippen LogP) is 1.96. The first-order valence-electron chi connectivity index (χ1n) is 8.57. The monoisotopic (exact) mass is 345 g/mol. The summed E-state index contributed by atoms with van der Waals surface area (Å²) in [7, 11) is 0. The van der Waals surface area contributed by atoms with Crippen LogP contribution in [0.4, 0.5) is 5.69 Å². The van der Waals surface area contributed by atoms with E-state index < -0.39 is 5.41 Å². The number of anilines is 1. The SMILES string of the molecule is CC(=O)N1CCN(C(=O)C(C)(C)C(=O)Nc2cccc(C)c2C)CC1. The van der Waals surface area contributed by atoms with Gasteiger partial charge in [0.15, 0.2) is 0 Å². The van der Waals surface area contributed by atoms with Gasteiger partial charge in [-0.05, 0) is 44.9 Å². The fourth-order valence-electron chi connectivity index (χ4n) is 2.88. The molecule has 0 saturated carbocycles. The van der Waals surface area contributed by atoms with Crippen molar-refractivity contribution in [2.24, 2.45) is 5.41 Å². The topological polar surface area (TPSA) is 69.7 Å². The van der Waals surface area contributed by atoms with Gasteiger partial charge in [0, 0.05) is 38.8 Å². The molecule has 1 aromatic carbocycles. The van der Waals surface area contributed by atoms with Crippen molar-refractivity contribution in [3.8, 4) is 0 Å². The zero-order valence-corrected chi connectivity index (χ0v) is 15.7. The largest absolute Gasteiger partial charge is 0.339 e. The minimum Gasteiger partial charge on any atom is -0.339 e. The second-order valence-corrected chi connectivity index (χ2v) is 7.12. The van der Waals surface area contributed by atoms with Gasteiger partial charge in [-0.3, -0.25) is 14.4 Å². The van der Waals surface area contributed by atoms with Gasteiger partial charge in [0.1, 0.15) is 5.41 Å². The van der Waals surface area contributed by atoms with E-state index in [1.54, 1.807) is 23.6 Å². The number of benzene rings is 1. The molecule has 0 spiro atoms. The maximum Gasteiger partial charge on any atom is 0.239 e. The highest BCUT2D eigenvalue weighted by Gasteiger charge is 2.40. The molecule has 1 N–H and O–H groups in total. The van der Waals surface area contributed by atoms with Gasteiger partial charge < -0.3 is 15.1 Å². The summed E-state index contributed by atoms with van der Waals surface area (Å²) in [5.74, 6) is -0.516. The standard InChI is InChI=1S/C19H27N3O3/c1-13-7-6-8-16(14(13)2)20-17(24)19(4,5)18(25)22-11-9-21(10-12-22)15(3)23/h6-8H,9-12H2,1-5H3,(H,20,24). The van der Waals surface area contributed by atoms with E-state index in [0.717, 1.165) is 16.8 Å². The first kappa shape index (κ1) is 19.0. The van der Waals surface area contributed by atoms with Gasteiger partial charge in [0.25, 0.3) is 0 Å². The van der Waals surface area contributed by atoms with Crippen LogP contribution in [0.5, 0.6) is 0 Å². The van der Waals surface area contributed by atoms with Gasteiger partial charge in [-0.25, -0.2) is 0 Å². The van der Waals surface area contributed by atoms with E-state index >= 15 is 0 Å². The lowest BCUT2D eigenvalue weighted by Gasteiger charge is -2.37. The molecule has 2 rings (SSSR count). The Hall–Kier alpha value is -2.37. The molecule has 1 aliphatic rings. The van der Waals surface area contributed by atoms with Crippen LogP contribution >= 0.6 is 0 Å². The molecular weight excluding hydrogens is 318 g/mol. The number of hydrogen-bond donors (Lipinski definition) is 1. The molecule has 3 amide bonds. The lowest BCUT2D eigenvalue weighted by atomic mass is 9.89. The Morgan fingerprint density at radius 3 is 2.12 bits per heavy atom. The molecule has 0 radical (unpaired) electrons. The van der Waals surface area contributed by atoms with Gasteiger partial charge in [-0.2, -0.15) is 0 Å². The number of nitrogens with zero attached hydrogens (tertiary/aromatic N) is 2. The fraction of sp³-hybridized carbons (Fsp3) is 0.526. The Morgan fingerprint density at radius 1 is 1.00 bits per heavy atom. The highest BCUT2D eigenvalue weighted by atomic mass is 16.2. The van der Waals surface area contributed by atoms with Gasteiger partial charge in [0.2, 0.25) is 17.7 Å². The third kappa shape index (κ3) is 4.00. The highest BCUT2D eigenvalue weighted by Crippen LogP contribution is 2.25. The average molecular weight is 345 g/mol. The molecular formula is C19H27N3O3. The number of hydrogen-bond acceptors (Lipinski definition) is 3. The first-order chi connectivity index (χ1) is 11.6. The second kappa shape index (κ2) is 7.25. The molecule has 1 saturated heterocycles. The van der Waals surface area contributed by atoms with Crippen LogP contribution in [0.25, 0.3) is 0 Å². The van der Waals surface area contributed by atoms with Crippen LogP contribution in [-0.2, 0) is 14.4 Å². The zero-order chi connectivity index (χ0) is 18.8. The lowest BCUT2D eigenvalue weighted by Crippen LogP contribution is -2.55. The van der Waals surface area contributed by atoms with Crippen molar-refractivity contribution in [2.75, 3.05) is 31.5 Å². The number of amides is 3. The molecule has 136 valence electrons. The smallest absolute Gasteiger partial charge is 0.239 e. The number of rotatable bonds is 3. The summed E-state index contributed by atoms with van der Waals surface area (Å²) in [6.45, 7) is 10.7. The molecule has 0 unspecified atom stereocenters. The van der Waals surface area contributed by atoms with Crippen LogP contribution in [-0.4, -0.2) is 53.7 Å². The Bertz CT molecular complexity index is 689. The molecule has 0 aliphatic carbocycles. The molecule has 1 aromatic rings. The first-order valence-corrected chi connectivity index (χ1v) is 8.57. The van der Waals surface area contributed by atoms with Crippen molar-refractivity contribution in [1.29, 1.82) is 0 Å². The molecule has 0 atom stereocenters. The zero-order valence-electron chi connectivity index (χ0n) is 15.7. The maximum atomic E-state index is 12.8. The molecule has 1 fully saturated rings. The fourth-order valence-corrected chi connectivity index (χ4v) is 2.88. The second-order valence-electron chi connectivity index (χ2n) is 7.12. The van der Waals surface area contributed by atoms with Gasteiger partial charge in [-0.1, -0.05) is 12.1 Å². The predicted molar refractivity (Wildman–Crippen MR) is 97.2 cm³/mol. The van der Waals surface area contributed by atoms with Crippen LogP contribution in [0.1, 0.15) is 31.9 Å². The van der Waals surface area contributed by atoms with Crippen molar-refractivity contribution in [3.63, 3.8) is 0 Å². The van der Waals surface area contributed by atoms with Crippen LogP contribution in [0, 0.1) is 19.3 Å². The Morgan fingerprint density at radius 2 is 1.56 bits per heavy atom. The molecule has 25 heavy (non-hydrogen) atoms. The normalized spacial score (nSPS) is 15.1. The summed E-state index contributed by atoms with van der Waals surface area (Å²) in [6.07, 6.45) is 0. The third-order valence-electron chi connectivity index (χ3n) is 4.97. The van der Waals surface area contributed by atoms with E-state index in [0.29, 0.717) is 26.2 Å². The minimum absolute atomic E-state index is 0.0130. The Balaban J connectivity index is 2.06. The van der Waals surface area contributed by atoms with Crippen molar-refractivity contribution in [3.05, 3.63) is 29.3 Å². The molecule has 1 heterocycles. The van der Waals surface area contributed by atoms with Gasteiger partial charge in [0.05, 0.1) is 0 Å². The number of carbonyl (C=O) groups is 3. The van der Waals surface area contributed by atoms with Crippen LogP contribution < -0.4 is 5.32 Å². The maximum absolute atomic E-state index is 12.8. The number of nitrogens with one attached hydrogen (secondary N) is 1. The number of aryl methyl sites for hydroxylation is 1. The lowest BCUT2D eigenvalue weighted by molar-refractivity contribution is -0.149. The van der Waals surface area contributed by atoms with Crippen LogP contribution in [0.15, 0.2) is 18.2 Å². The summed E-state index contributed by atoms with van der Waals surface area (Å²) in [5.41, 5.74) is 1.64. The summed E-state index contributed by atoms with van der Waals surface area (Å²) in [6, 6.07) is 5.70. The van der Waals surface area contributed by atoms with Crippen molar-refractivity contribution >= 4 is 23.4 Å².